The molecule has 0 aliphatic rings. The third kappa shape index (κ3) is 5.24. The van der Waals surface area contributed by atoms with Gasteiger partial charge in [-0.1, -0.05) is 25.8 Å². The molecule has 0 radical (unpaired) electrons. The summed E-state index contributed by atoms with van der Waals surface area (Å²) in [6.07, 6.45) is 6.31. The summed E-state index contributed by atoms with van der Waals surface area (Å²) in [5, 5.41) is 0. The van der Waals surface area contributed by atoms with Crippen molar-refractivity contribution in [3.63, 3.8) is 0 Å². The molecule has 1 aromatic carbocycles. The number of halogens is 2. The molecule has 1 heterocycles. The van der Waals surface area contributed by atoms with Crippen molar-refractivity contribution in [2.75, 3.05) is 7.05 Å². The molecule has 0 N–H and O–H groups in total. The molecule has 2 aromatic rings. The Kier molecular flexibility index (Phi) is 6.86. The second-order valence-electron chi connectivity index (χ2n) is 5.76. The SMILES string of the molecule is CCCCC(c1cccnc1)N(C)C(=O)c1ccc(OC(F)F)cc1. The van der Waals surface area contributed by atoms with Crippen molar-refractivity contribution in [3.05, 3.63) is 59.9 Å². The van der Waals surface area contributed by atoms with Crippen LogP contribution in [0.3, 0.4) is 0 Å². The van der Waals surface area contributed by atoms with E-state index in [1.807, 2.05) is 12.1 Å². The van der Waals surface area contributed by atoms with Crippen molar-refractivity contribution in [1.29, 1.82) is 0 Å². The highest BCUT2D eigenvalue weighted by molar-refractivity contribution is 5.94. The van der Waals surface area contributed by atoms with Crippen LogP contribution in [0, 0.1) is 0 Å². The summed E-state index contributed by atoms with van der Waals surface area (Å²) in [4.78, 5) is 18.6. The lowest BCUT2D eigenvalue weighted by Crippen LogP contribution is -2.31. The fourth-order valence-corrected chi connectivity index (χ4v) is 2.68. The molecule has 0 aliphatic carbocycles. The van der Waals surface area contributed by atoms with Crippen molar-refractivity contribution in [2.45, 2.75) is 38.8 Å². The number of unbranched alkanes of at least 4 members (excludes halogenated alkanes) is 1. The van der Waals surface area contributed by atoms with Crippen LogP contribution in [0.25, 0.3) is 0 Å². The summed E-state index contributed by atoms with van der Waals surface area (Å²) in [6.45, 7) is -0.780. The van der Waals surface area contributed by atoms with Crippen LogP contribution in [0.2, 0.25) is 0 Å². The number of carbonyl (C=O) groups excluding carboxylic acids is 1. The number of amides is 1. The number of hydrogen-bond acceptors (Lipinski definition) is 3. The van der Waals surface area contributed by atoms with E-state index in [2.05, 4.69) is 16.6 Å². The van der Waals surface area contributed by atoms with Gasteiger partial charge in [-0.3, -0.25) is 9.78 Å². The average molecular weight is 348 g/mol. The van der Waals surface area contributed by atoms with Gasteiger partial charge in [0.15, 0.2) is 0 Å². The summed E-state index contributed by atoms with van der Waals surface area (Å²) in [5.74, 6) is -0.141. The van der Waals surface area contributed by atoms with Gasteiger partial charge in [0.05, 0.1) is 6.04 Å². The monoisotopic (exact) mass is 348 g/mol. The number of carbonyl (C=O) groups is 1. The van der Waals surface area contributed by atoms with Gasteiger partial charge in [-0.05, 0) is 42.3 Å². The van der Waals surface area contributed by atoms with Gasteiger partial charge in [-0.2, -0.15) is 8.78 Å². The Balaban J connectivity index is 2.17. The largest absolute Gasteiger partial charge is 0.435 e. The Hall–Kier alpha value is -2.50. The van der Waals surface area contributed by atoms with Gasteiger partial charge in [0.1, 0.15) is 5.75 Å². The summed E-state index contributed by atoms with van der Waals surface area (Å²) in [6, 6.07) is 9.46. The smallest absolute Gasteiger partial charge is 0.387 e. The summed E-state index contributed by atoms with van der Waals surface area (Å²) in [5.41, 5.74) is 1.40. The first kappa shape index (κ1) is 18.8. The topological polar surface area (TPSA) is 42.4 Å². The maximum atomic E-state index is 12.8. The van der Waals surface area contributed by atoms with Gasteiger partial charge in [0, 0.05) is 25.0 Å². The van der Waals surface area contributed by atoms with Crippen molar-refractivity contribution in [3.8, 4) is 5.75 Å². The fraction of sp³-hybridized carbons (Fsp3) is 0.368. The first-order valence-electron chi connectivity index (χ1n) is 8.25. The number of aromatic nitrogens is 1. The van der Waals surface area contributed by atoms with Crippen LogP contribution >= 0.6 is 0 Å². The number of rotatable bonds is 8. The van der Waals surface area contributed by atoms with E-state index in [0.717, 1.165) is 24.8 Å². The predicted molar refractivity (Wildman–Crippen MR) is 91.7 cm³/mol. The van der Waals surface area contributed by atoms with Gasteiger partial charge < -0.3 is 9.64 Å². The zero-order chi connectivity index (χ0) is 18.2. The molecule has 134 valence electrons. The van der Waals surface area contributed by atoms with E-state index in [0.29, 0.717) is 5.56 Å². The molecule has 0 spiro atoms. The normalized spacial score (nSPS) is 12.0. The summed E-state index contributed by atoms with van der Waals surface area (Å²) < 4.78 is 28.7. The summed E-state index contributed by atoms with van der Waals surface area (Å²) in [7, 11) is 1.75. The molecule has 2 rings (SSSR count). The highest BCUT2D eigenvalue weighted by Gasteiger charge is 2.22. The highest BCUT2D eigenvalue weighted by atomic mass is 19.3. The molecule has 1 unspecified atom stereocenters. The Morgan fingerprint density at radius 3 is 2.52 bits per heavy atom. The molecule has 1 atom stereocenters. The van der Waals surface area contributed by atoms with Crippen LogP contribution in [-0.2, 0) is 0 Å². The van der Waals surface area contributed by atoms with E-state index in [9.17, 15) is 13.6 Å². The molecule has 0 saturated heterocycles. The molecule has 0 saturated carbocycles. The third-order valence-electron chi connectivity index (χ3n) is 4.01. The van der Waals surface area contributed by atoms with Gasteiger partial charge in [0.25, 0.3) is 5.91 Å². The minimum absolute atomic E-state index is 0.0315. The molecule has 4 nitrogen and oxygen atoms in total. The lowest BCUT2D eigenvalue weighted by molar-refractivity contribution is -0.0498. The molecule has 6 heteroatoms. The second kappa shape index (κ2) is 9.11. The van der Waals surface area contributed by atoms with E-state index in [1.165, 1.54) is 24.3 Å². The van der Waals surface area contributed by atoms with Crippen LogP contribution in [0.5, 0.6) is 5.75 Å². The minimum Gasteiger partial charge on any atom is -0.435 e. The molecule has 1 aromatic heterocycles. The molecule has 0 bridgehead atoms. The number of hydrogen-bond donors (Lipinski definition) is 0. The van der Waals surface area contributed by atoms with Crippen molar-refractivity contribution < 1.29 is 18.3 Å². The van der Waals surface area contributed by atoms with Crippen LogP contribution in [0.1, 0.15) is 48.1 Å². The number of pyridine rings is 1. The number of alkyl halides is 2. The Morgan fingerprint density at radius 2 is 1.96 bits per heavy atom. The van der Waals surface area contributed by atoms with E-state index in [-0.39, 0.29) is 17.7 Å². The lowest BCUT2D eigenvalue weighted by atomic mass is 10.0. The number of nitrogens with zero attached hydrogens (tertiary/aromatic N) is 2. The molecule has 1 amide bonds. The quantitative estimate of drug-likeness (QED) is 0.695. The van der Waals surface area contributed by atoms with Crippen molar-refractivity contribution in [1.82, 2.24) is 9.88 Å². The second-order valence-corrected chi connectivity index (χ2v) is 5.76. The zero-order valence-corrected chi connectivity index (χ0v) is 14.4. The Morgan fingerprint density at radius 1 is 1.24 bits per heavy atom. The average Bonchev–Trinajstić information content (AvgIpc) is 2.62. The van der Waals surface area contributed by atoms with Crippen molar-refractivity contribution >= 4 is 5.91 Å². The van der Waals surface area contributed by atoms with Crippen LogP contribution in [0.4, 0.5) is 8.78 Å². The fourth-order valence-electron chi connectivity index (χ4n) is 2.68. The predicted octanol–water partition coefficient (Wildman–Crippen LogP) is 4.69. The van der Waals surface area contributed by atoms with Crippen LogP contribution < -0.4 is 4.74 Å². The molecule has 25 heavy (non-hydrogen) atoms. The minimum atomic E-state index is -2.88. The molecular weight excluding hydrogens is 326 g/mol. The van der Waals surface area contributed by atoms with Crippen molar-refractivity contribution in [2.24, 2.45) is 0 Å². The van der Waals surface area contributed by atoms with E-state index >= 15 is 0 Å². The first-order chi connectivity index (χ1) is 12.0. The Labute approximate surface area is 146 Å². The number of ether oxygens (including phenoxy) is 1. The first-order valence-corrected chi connectivity index (χ1v) is 8.25. The summed E-state index contributed by atoms with van der Waals surface area (Å²) >= 11 is 0. The van der Waals surface area contributed by atoms with E-state index < -0.39 is 6.61 Å². The van der Waals surface area contributed by atoms with Gasteiger partial charge >= 0.3 is 6.61 Å². The third-order valence-corrected chi connectivity index (χ3v) is 4.01. The molecule has 0 fully saturated rings. The molecular formula is C19H22F2N2O2. The van der Waals surface area contributed by atoms with Crippen LogP contribution in [0.15, 0.2) is 48.8 Å². The van der Waals surface area contributed by atoms with E-state index in [4.69, 9.17) is 0 Å². The maximum absolute atomic E-state index is 12.8. The van der Waals surface area contributed by atoms with Crippen LogP contribution in [-0.4, -0.2) is 29.5 Å². The zero-order valence-electron chi connectivity index (χ0n) is 14.4. The van der Waals surface area contributed by atoms with E-state index in [1.54, 1.807) is 24.3 Å². The number of benzene rings is 1. The van der Waals surface area contributed by atoms with Gasteiger partial charge in [-0.25, -0.2) is 0 Å². The van der Waals surface area contributed by atoms with Gasteiger partial charge in [0.2, 0.25) is 0 Å². The molecule has 0 aliphatic heterocycles. The lowest BCUT2D eigenvalue weighted by Gasteiger charge is -2.28. The van der Waals surface area contributed by atoms with Gasteiger partial charge in [-0.15, -0.1) is 0 Å². The highest BCUT2D eigenvalue weighted by Crippen LogP contribution is 2.26. The standard InChI is InChI=1S/C19H22F2N2O2/c1-3-4-7-17(15-6-5-12-22-13-15)23(2)18(24)14-8-10-16(11-9-14)25-19(20)21/h5-6,8-13,17,19H,3-4,7H2,1-2H3. The maximum Gasteiger partial charge on any atom is 0.387 e. The Bertz CT molecular complexity index is 663.